The Labute approximate surface area is 165 Å². The van der Waals surface area contributed by atoms with E-state index in [0.29, 0.717) is 21.5 Å². The highest BCUT2D eigenvalue weighted by Crippen LogP contribution is 2.30. The molecule has 27 heavy (non-hydrogen) atoms. The summed E-state index contributed by atoms with van der Waals surface area (Å²) < 4.78 is 5.44. The third kappa shape index (κ3) is 3.79. The van der Waals surface area contributed by atoms with Crippen LogP contribution in [0.25, 0.3) is 11.3 Å². The minimum Gasteiger partial charge on any atom is -0.467 e. The molecule has 0 spiro atoms. The number of carbonyl (C=O) groups excluding carboxylic acids is 1. The van der Waals surface area contributed by atoms with E-state index in [1.54, 1.807) is 41.5 Å². The second-order valence-corrected chi connectivity index (χ2v) is 7.08. The molecular weight excluding hydrogens is 380 g/mol. The van der Waals surface area contributed by atoms with Crippen molar-refractivity contribution >= 4 is 34.0 Å². The van der Waals surface area contributed by atoms with Crippen molar-refractivity contribution in [3.05, 3.63) is 94.7 Å². The lowest BCUT2D eigenvalue weighted by Crippen LogP contribution is -2.30. The van der Waals surface area contributed by atoms with E-state index in [4.69, 9.17) is 16.0 Å². The maximum absolute atomic E-state index is 13.2. The summed E-state index contributed by atoms with van der Waals surface area (Å²) in [6.07, 6.45) is 1.59. The molecule has 0 aliphatic carbocycles. The average molecular weight is 395 g/mol. The lowest BCUT2D eigenvalue weighted by atomic mass is 10.2. The summed E-state index contributed by atoms with van der Waals surface area (Å²) in [5, 5.41) is 2.95. The Morgan fingerprint density at radius 3 is 2.56 bits per heavy atom. The molecule has 4 aromatic rings. The molecule has 6 heteroatoms. The van der Waals surface area contributed by atoms with Crippen molar-refractivity contribution in [3.63, 3.8) is 0 Å². The van der Waals surface area contributed by atoms with Crippen molar-refractivity contribution in [2.24, 2.45) is 0 Å². The van der Waals surface area contributed by atoms with E-state index in [1.807, 2.05) is 41.8 Å². The van der Waals surface area contributed by atoms with Crippen LogP contribution < -0.4 is 4.90 Å². The summed E-state index contributed by atoms with van der Waals surface area (Å²) in [6.45, 7) is 0.277. The summed E-state index contributed by atoms with van der Waals surface area (Å²) in [7, 11) is 0. The number of hydrogen-bond acceptors (Lipinski definition) is 4. The third-order valence-electron chi connectivity index (χ3n) is 4.04. The van der Waals surface area contributed by atoms with Crippen LogP contribution in [0.1, 0.15) is 16.1 Å². The first-order valence-electron chi connectivity index (χ1n) is 8.32. The van der Waals surface area contributed by atoms with Gasteiger partial charge in [-0.25, -0.2) is 4.98 Å². The number of amides is 1. The van der Waals surface area contributed by atoms with Crippen LogP contribution in [0.15, 0.2) is 82.8 Å². The fraction of sp³-hybridized carbons (Fsp3) is 0.0476. The second-order valence-electron chi connectivity index (χ2n) is 5.83. The number of halogens is 1. The lowest BCUT2D eigenvalue weighted by Gasteiger charge is -2.19. The molecule has 0 radical (unpaired) electrons. The fourth-order valence-electron chi connectivity index (χ4n) is 2.69. The van der Waals surface area contributed by atoms with Gasteiger partial charge >= 0.3 is 0 Å². The zero-order valence-corrected chi connectivity index (χ0v) is 15.8. The topological polar surface area (TPSA) is 46.3 Å². The molecule has 2 heterocycles. The van der Waals surface area contributed by atoms with E-state index in [0.717, 1.165) is 11.3 Å². The van der Waals surface area contributed by atoms with Crippen molar-refractivity contribution in [1.29, 1.82) is 0 Å². The van der Waals surface area contributed by atoms with Gasteiger partial charge in [0.15, 0.2) is 5.13 Å². The quantitative estimate of drug-likeness (QED) is 0.423. The zero-order chi connectivity index (χ0) is 18.6. The number of hydrogen-bond donors (Lipinski definition) is 0. The van der Waals surface area contributed by atoms with Gasteiger partial charge in [0.05, 0.1) is 29.1 Å². The van der Waals surface area contributed by atoms with Crippen molar-refractivity contribution in [2.75, 3.05) is 4.90 Å². The van der Waals surface area contributed by atoms with Crippen LogP contribution in [0, 0.1) is 0 Å². The molecule has 4 nitrogen and oxygen atoms in total. The monoisotopic (exact) mass is 394 g/mol. The van der Waals surface area contributed by atoms with E-state index in [9.17, 15) is 4.79 Å². The van der Waals surface area contributed by atoms with E-state index in [-0.39, 0.29) is 12.5 Å². The summed E-state index contributed by atoms with van der Waals surface area (Å²) in [5.41, 5.74) is 2.26. The second kappa shape index (κ2) is 7.78. The number of thiazole rings is 1. The van der Waals surface area contributed by atoms with Crippen LogP contribution in [0.5, 0.6) is 0 Å². The van der Waals surface area contributed by atoms with Crippen LogP contribution >= 0.6 is 22.9 Å². The lowest BCUT2D eigenvalue weighted by molar-refractivity contribution is 0.0983. The van der Waals surface area contributed by atoms with Crippen molar-refractivity contribution in [2.45, 2.75) is 6.54 Å². The predicted molar refractivity (Wildman–Crippen MR) is 108 cm³/mol. The number of rotatable bonds is 5. The standard InChI is InChI=1S/C21H15ClN2O2S/c22-18-11-5-4-10-17(18)20(25)24(13-16-9-6-12-26-16)21-23-19(14-27-21)15-7-2-1-3-8-15/h1-12,14H,13H2. The average Bonchev–Trinajstić information content (AvgIpc) is 3.39. The van der Waals surface area contributed by atoms with Gasteiger partial charge in [-0.3, -0.25) is 9.69 Å². The van der Waals surface area contributed by atoms with Gasteiger partial charge in [-0.2, -0.15) is 0 Å². The zero-order valence-electron chi connectivity index (χ0n) is 14.2. The van der Waals surface area contributed by atoms with Crippen molar-refractivity contribution in [3.8, 4) is 11.3 Å². The van der Waals surface area contributed by atoms with Crippen LogP contribution in [-0.2, 0) is 6.54 Å². The summed E-state index contributed by atoms with van der Waals surface area (Å²) >= 11 is 7.66. The van der Waals surface area contributed by atoms with Gasteiger partial charge in [-0.1, -0.05) is 54.1 Å². The van der Waals surface area contributed by atoms with Gasteiger partial charge in [0, 0.05) is 10.9 Å². The Hall–Kier alpha value is -2.89. The van der Waals surface area contributed by atoms with E-state index in [1.165, 1.54) is 11.3 Å². The Bertz CT molecular complexity index is 1050. The number of benzene rings is 2. The largest absolute Gasteiger partial charge is 0.467 e. The molecule has 0 aliphatic rings. The Kier molecular flexibility index (Phi) is 5.05. The van der Waals surface area contributed by atoms with Crippen molar-refractivity contribution in [1.82, 2.24) is 4.98 Å². The van der Waals surface area contributed by atoms with E-state index in [2.05, 4.69) is 4.98 Å². The predicted octanol–water partition coefficient (Wildman–Crippen LogP) is 5.90. The van der Waals surface area contributed by atoms with Crippen LogP contribution in [0.2, 0.25) is 5.02 Å². The van der Waals surface area contributed by atoms with Gasteiger partial charge in [-0.05, 0) is 24.3 Å². The molecule has 2 aromatic heterocycles. The number of aromatic nitrogens is 1. The Balaban J connectivity index is 1.71. The SMILES string of the molecule is O=C(c1ccccc1Cl)N(Cc1ccco1)c1nc(-c2ccccc2)cs1. The maximum Gasteiger partial charge on any atom is 0.262 e. The van der Waals surface area contributed by atoms with Gasteiger partial charge in [0.1, 0.15) is 5.76 Å². The number of anilines is 1. The molecule has 0 saturated carbocycles. The van der Waals surface area contributed by atoms with Crippen LogP contribution in [0.4, 0.5) is 5.13 Å². The molecular formula is C21H15ClN2O2S. The highest BCUT2D eigenvalue weighted by Gasteiger charge is 2.24. The molecule has 0 fully saturated rings. The Morgan fingerprint density at radius 2 is 1.81 bits per heavy atom. The molecule has 0 N–H and O–H groups in total. The Morgan fingerprint density at radius 1 is 1.04 bits per heavy atom. The number of carbonyl (C=O) groups is 1. The summed E-state index contributed by atoms with van der Waals surface area (Å²) in [5.74, 6) is 0.456. The van der Waals surface area contributed by atoms with E-state index >= 15 is 0 Å². The molecule has 1 amide bonds. The van der Waals surface area contributed by atoms with Gasteiger partial charge in [0.25, 0.3) is 5.91 Å². The maximum atomic E-state index is 13.2. The molecule has 0 saturated heterocycles. The molecule has 4 rings (SSSR count). The molecule has 134 valence electrons. The number of furan rings is 1. The number of nitrogens with zero attached hydrogens (tertiary/aromatic N) is 2. The molecule has 0 aliphatic heterocycles. The normalized spacial score (nSPS) is 10.7. The van der Waals surface area contributed by atoms with Gasteiger partial charge < -0.3 is 4.42 Å². The molecule has 0 atom stereocenters. The molecule has 0 unspecified atom stereocenters. The minimum atomic E-state index is -0.217. The molecule has 0 bridgehead atoms. The first kappa shape index (κ1) is 17.5. The minimum absolute atomic E-state index is 0.217. The van der Waals surface area contributed by atoms with Crippen LogP contribution in [-0.4, -0.2) is 10.9 Å². The third-order valence-corrected chi connectivity index (χ3v) is 5.23. The fourth-order valence-corrected chi connectivity index (χ4v) is 3.74. The highest BCUT2D eigenvalue weighted by atomic mass is 35.5. The van der Waals surface area contributed by atoms with E-state index < -0.39 is 0 Å². The highest BCUT2D eigenvalue weighted by molar-refractivity contribution is 7.14. The molecule has 2 aromatic carbocycles. The summed E-state index contributed by atoms with van der Waals surface area (Å²) in [6, 6.07) is 20.5. The van der Waals surface area contributed by atoms with Gasteiger partial charge in [-0.15, -0.1) is 11.3 Å². The first-order valence-corrected chi connectivity index (χ1v) is 9.58. The summed E-state index contributed by atoms with van der Waals surface area (Å²) in [4.78, 5) is 19.5. The first-order chi connectivity index (χ1) is 13.2. The smallest absolute Gasteiger partial charge is 0.262 e. The van der Waals surface area contributed by atoms with Gasteiger partial charge in [0.2, 0.25) is 0 Å². The van der Waals surface area contributed by atoms with Crippen molar-refractivity contribution < 1.29 is 9.21 Å². The van der Waals surface area contributed by atoms with Crippen LogP contribution in [0.3, 0.4) is 0 Å².